The molecule has 0 unspecified atom stereocenters. The average molecular weight is 556 g/mol. The van der Waals surface area contributed by atoms with Gasteiger partial charge in [-0.2, -0.15) is 8.42 Å². The summed E-state index contributed by atoms with van der Waals surface area (Å²) in [6.45, 7) is 1.28. The van der Waals surface area contributed by atoms with Gasteiger partial charge in [0.2, 0.25) is 0 Å². The molecule has 9 nitrogen and oxygen atoms in total. The van der Waals surface area contributed by atoms with Crippen LogP contribution in [-0.4, -0.2) is 61.4 Å². The maximum Gasteiger partial charge on any atom is 0.339 e. The molecule has 1 fully saturated rings. The summed E-state index contributed by atoms with van der Waals surface area (Å²) < 4.78 is 31.8. The number of likely N-dealkylation sites (tertiary alicyclic amines) is 1. The number of nitrogens with zero attached hydrogens (tertiary/aromatic N) is 4. The third-order valence-electron chi connectivity index (χ3n) is 7.39. The number of carbonyl (C=O) groups excluding carboxylic acids is 1. The molecule has 1 N–H and O–H groups in total. The quantitative estimate of drug-likeness (QED) is 0.295. The van der Waals surface area contributed by atoms with Crippen molar-refractivity contribution in [2.24, 2.45) is 0 Å². The SMILES string of the molecule is CN(C)c1ccc(C(=O)N2CCC(c3nc4ccc(OS(=O)(=O)c5cccc6cnccc56)cc4[nH]3)CC2)cc1. The normalized spacial score (nSPS) is 14.5. The minimum absolute atomic E-state index is 0.0406. The topological polar surface area (TPSA) is 108 Å². The highest BCUT2D eigenvalue weighted by atomic mass is 32.2. The summed E-state index contributed by atoms with van der Waals surface area (Å²) in [5.74, 6) is 1.25. The molecule has 1 aliphatic heterocycles. The Morgan fingerprint density at radius 2 is 1.80 bits per heavy atom. The van der Waals surface area contributed by atoms with Gasteiger partial charge in [-0.3, -0.25) is 9.78 Å². The second-order valence-corrected chi connectivity index (χ2v) is 11.7. The van der Waals surface area contributed by atoms with E-state index in [1.165, 1.54) is 6.07 Å². The second-order valence-electron chi connectivity index (χ2n) is 10.2. The number of benzene rings is 3. The molecule has 0 atom stereocenters. The second kappa shape index (κ2) is 10.3. The summed E-state index contributed by atoms with van der Waals surface area (Å²) >= 11 is 0. The smallest absolute Gasteiger partial charge is 0.339 e. The number of hydrogen-bond acceptors (Lipinski definition) is 7. The number of anilines is 1. The van der Waals surface area contributed by atoms with E-state index in [9.17, 15) is 13.2 Å². The molecule has 0 aliphatic carbocycles. The Morgan fingerprint density at radius 1 is 1.02 bits per heavy atom. The Hall–Kier alpha value is -4.44. The molecule has 1 amide bonds. The van der Waals surface area contributed by atoms with Crippen LogP contribution in [0.15, 0.2) is 84.0 Å². The van der Waals surface area contributed by atoms with Crippen LogP contribution in [0, 0.1) is 0 Å². The van der Waals surface area contributed by atoms with Crippen molar-refractivity contribution in [1.29, 1.82) is 0 Å². The third kappa shape index (κ3) is 4.98. The number of piperidine rings is 1. The monoisotopic (exact) mass is 555 g/mol. The summed E-state index contributed by atoms with van der Waals surface area (Å²) in [5.41, 5.74) is 3.17. The van der Waals surface area contributed by atoms with Crippen molar-refractivity contribution in [3.05, 3.63) is 90.5 Å². The number of rotatable bonds is 6. The number of aromatic amines is 1. The highest BCUT2D eigenvalue weighted by Gasteiger charge is 2.27. The van der Waals surface area contributed by atoms with Gasteiger partial charge in [0.25, 0.3) is 5.91 Å². The van der Waals surface area contributed by atoms with E-state index in [2.05, 4.69) is 9.97 Å². The Balaban J connectivity index is 1.15. The molecule has 3 aromatic carbocycles. The summed E-state index contributed by atoms with van der Waals surface area (Å²) in [6.07, 6.45) is 4.75. The molecule has 1 saturated heterocycles. The van der Waals surface area contributed by atoms with Crippen molar-refractivity contribution in [3.8, 4) is 5.75 Å². The first-order valence-corrected chi connectivity index (χ1v) is 14.5. The van der Waals surface area contributed by atoms with E-state index in [1.54, 1.807) is 42.7 Å². The molecule has 0 spiro atoms. The van der Waals surface area contributed by atoms with Crippen LogP contribution < -0.4 is 9.08 Å². The van der Waals surface area contributed by atoms with E-state index in [-0.39, 0.29) is 22.5 Å². The van der Waals surface area contributed by atoms with Gasteiger partial charge in [0.15, 0.2) is 0 Å². The van der Waals surface area contributed by atoms with Crippen LogP contribution in [0.5, 0.6) is 5.75 Å². The lowest BCUT2D eigenvalue weighted by molar-refractivity contribution is 0.0711. The molecule has 10 heteroatoms. The fourth-order valence-corrected chi connectivity index (χ4v) is 6.32. The average Bonchev–Trinajstić information content (AvgIpc) is 3.40. The minimum Gasteiger partial charge on any atom is -0.379 e. The zero-order chi connectivity index (χ0) is 27.9. The van der Waals surface area contributed by atoms with Crippen molar-refractivity contribution in [1.82, 2.24) is 19.9 Å². The fourth-order valence-electron chi connectivity index (χ4n) is 5.18. The largest absolute Gasteiger partial charge is 0.379 e. The highest BCUT2D eigenvalue weighted by Crippen LogP contribution is 2.31. The van der Waals surface area contributed by atoms with Gasteiger partial charge in [0.05, 0.1) is 11.0 Å². The van der Waals surface area contributed by atoms with E-state index in [0.717, 1.165) is 35.3 Å². The zero-order valence-electron chi connectivity index (χ0n) is 22.2. The van der Waals surface area contributed by atoms with Gasteiger partial charge in [-0.25, -0.2) is 4.98 Å². The molecule has 2 aromatic heterocycles. The lowest BCUT2D eigenvalue weighted by Crippen LogP contribution is -2.38. The predicted octanol–water partition coefficient (Wildman–Crippen LogP) is 4.96. The van der Waals surface area contributed by atoms with E-state index in [1.807, 2.05) is 54.2 Å². The van der Waals surface area contributed by atoms with Crippen LogP contribution in [-0.2, 0) is 10.1 Å². The van der Waals surface area contributed by atoms with Crippen LogP contribution in [0.2, 0.25) is 0 Å². The zero-order valence-corrected chi connectivity index (χ0v) is 23.1. The Bertz CT molecular complexity index is 1800. The van der Waals surface area contributed by atoms with Crippen molar-refractivity contribution < 1.29 is 17.4 Å². The lowest BCUT2D eigenvalue weighted by Gasteiger charge is -2.31. The van der Waals surface area contributed by atoms with Crippen molar-refractivity contribution in [2.45, 2.75) is 23.7 Å². The molecule has 5 aromatic rings. The summed E-state index contributed by atoms with van der Waals surface area (Å²) in [7, 11) is -0.124. The number of hydrogen-bond donors (Lipinski definition) is 1. The van der Waals surface area contributed by atoms with Crippen LogP contribution in [0.4, 0.5) is 5.69 Å². The molecule has 1 aliphatic rings. The number of nitrogens with one attached hydrogen (secondary N) is 1. The number of imidazole rings is 1. The molecule has 6 rings (SSSR count). The molecule has 0 bridgehead atoms. The Labute approximate surface area is 232 Å². The third-order valence-corrected chi connectivity index (χ3v) is 8.69. The molecule has 3 heterocycles. The van der Waals surface area contributed by atoms with Crippen molar-refractivity contribution in [2.75, 3.05) is 32.1 Å². The number of fused-ring (bicyclic) bond motifs is 2. The molecular weight excluding hydrogens is 526 g/mol. The lowest BCUT2D eigenvalue weighted by atomic mass is 9.95. The first-order chi connectivity index (χ1) is 19.3. The minimum atomic E-state index is -4.07. The summed E-state index contributed by atoms with van der Waals surface area (Å²) in [4.78, 5) is 29.2. The summed E-state index contributed by atoms with van der Waals surface area (Å²) in [5, 5.41) is 1.27. The van der Waals surface area contributed by atoms with E-state index >= 15 is 0 Å². The number of aromatic nitrogens is 3. The van der Waals surface area contributed by atoms with Gasteiger partial charge in [-0.1, -0.05) is 12.1 Å². The Kier molecular flexibility index (Phi) is 6.63. The van der Waals surface area contributed by atoms with Gasteiger partial charge in [-0.05, 0) is 61.4 Å². The maximum absolute atomic E-state index is 13.1. The first kappa shape index (κ1) is 25.8. The van der Waals surface area contributed by atoms with Crippen LogP contribution in [0.25, 0.3) is 21.8 Å². The predicted molar refractivity (Wildman–Crippen MR) is 154 cm³/mol. The van der Waals surface area contributed by atoms with E-state index in [0.29, 0.717) is 29.6 Å². The van der Waals surface area contributed by atoms with Crippen LogP contribution >= 0.6 is 0 Å². The Morgan fingerprint density at radius 3 is 2.55 bits per heavy atom. The van der Waals surface area contributed by atoms with Gasteiger partial charge in [0.1, 0.15) is 16.5 Å². The molecule has 0 saturated carbocycles. The molecular formula is C30H29N5O4S. The molecule has 40 heavy (non-hydrogen) atoms. The van der Waals surface area contributed by atoms with E-state index in [4.69, 9.17) is 9.17 Å². The highest BCUT2D eigenvalue weighted by molar-refractivity contribution is 7.87. The van der Waals surface area contributed by atoms with Crippen LogP contribution in [0.3, 0.4) is 0 Å². The number of H-pyrrole nitrogens is 1. The molecule has 204 valence electrons. The van der Waals surface area contributed by atoms with Gasteiger partial charge in [0, 0.05) is 73.6 Å². The summed E-state index contributed by atoms with van der Waals surface area (Å²) in [6, 6.07) is 19.4. The molecule has 0 radical (unpaired) electrons. The van der Waals surface area contributed by atoms with Gasteiger partial charge < -0.3 is 19.0 Å². The number of carbonyl (C=O) groups is 1. The van der Waals surface area contributed by atoms with Crippen molar-refractivity contribution >= 4 is 43.5 Å². The van der Waals surface area contributed by atoms with Crippen molar-refractivity contribution in [3.63, 3.8) is 0 Å². The maximum atomic E-state index is 13.1. The van der Waals surface area contributed by atoms with Gasteiger partial charge in [-0.15, -0.1) is 0 Å². The first-order valence-electron chi connectivity index (χ1n) is 13.1. The fraction of sp³-hybridized carbons (Fsp3) is 0.233. The van der Waals surface area contributed by atoms with Gasteiger partial charge >= 0.3 is 10.1 Å². The number of amides is 1. The van der Waals surface area contributed by atoms with E-state index < -0.39 is 10.1 Å². The van der Waals surface area contributed by atoms with Crippen LogP contribution in [0.1, 0.15) is 34.9 Å². The number of pyridine rings is 1. The standard InChI is InChI=1S/C30H29N5O4S/c1-34(2)23-8-6-21(7-9-23)30(36)35-16-13-20(14-17-35)29-32-26-11-10-24(18-27(26)33-29)39-40(37,38)28-5-3-4-22-19-31-15-12-25(22)28/h3-12,15,18-20H,13-14,16-17H2,1-2H3,(H,32,33).